The number of hydrogen-bond acceptors (Lipinski definition) is 3. The fourth-order valence-electron chi connectivity index (χ4n) is 2.26. The van der Waals surface area contributed by atoms with Crippen molar-refractivity contribution in [2.24, 2.45) is 5.92 Å². The zero-order valence-corrected chi connectivity index (χ0v) is 12.0. The predicted molar refractivity (Wildman–Crippen MR) is 75.6 cm³/mol. The standard InChI is InChI=1S/C14H15ClN2O3/c1-3-4-10-12(18)16-14(20)17(13(10)19)11-6-5-9(15)7-8(11)2/h5-7,10H,3-4H2,1-2H3,(H,16,18,20). The first-order valence-corrected chi connectivity index (χ1v) is 6.78. The van der Waals surface area contributed by atoms with Gasteiger partial charge in [-0.15, -0.1) is 0 Å². The van der Waals surface area contributed by atoms with Crippen LogP contribution >= 0.6 is 11.6 Å². The van der Waals surface area contributed by atoms with Crippen molar-refractivity contribution in [3.63, 3.8) is 0 Å². The Morgan fingerprint density at radius 1 is 1.30 bits per heavy atom. The molecule has 0 radical (unpaired) electrons. The summed E-state index contributed by atoms with van der Waals surface area (Å²) >= 11 is 5.87. The number of imide groups is 2. The summed E-state index contributed by atoms with van der Waals surface area (Å²) < 4.78 is 0. The maximum Gasteiger partial charge on any atom is 0.335 e. The van der Waals surface area contributed by atoms with Gasteiger partial charge in [-0.3, -0.25) is 14.9 Å². The molecule has 1 aliphatic rings. The molecule has 0 aromatic heterocycles. The van der Waals surface area contributed by atoms with E-state index in [-0.39, 0.29) is 0 Å². The number of hydrogen-bond donors (Lipinski definition) is 1. The van der Waals surface area contributed by atoms with Crippen molar-refractivity contribution in [2.45, 2.75) is 26.7 Å². The molecular weight excluding hydrogens is 280 g/mol. The summed E-state index contributed by atoms with van der Waals surface area (Å²) in [6.45, 7) is 3.64. The monoisotopic (exact) mass is 294 g/mol. The maximum absolute atomic E-state index is 12.4. The number of nitrogens with zero attached hydrogens (tertiary/aromatic N) is 1. The van der Waals surface area contributed by atoms with E-state index in [2.05, 4.69) is 5.32 Å². The third-order valence-corrected chi connectivity index (χ3v) is 3.48. The molecule has 6 heteroatoms. The highest BCUT2D eigenvalue weighted by Crippen LogP contribution is 2.27. The van der Waals surface area contributed by atoms with Crippen LogP contribution < -0.4 is 10.2 Å². The van der Waals surface area contributed by atoms with Gasteiger partial charge >= 0.3 is 6.03 Å². The minimum Gasteiger partial charge on any atom is -0.277 e. The Labute approximate surface area is 121 Å². The van der Waals surface area contributed by atoms with Gasteiger partial charge < -0.3 is 0 Å². The number of rotatable bonds is 3. The molecular formula is C14H15ClN2O3. The van der Waals surface area contributed by atoms with Crippen molar-refractivity contribution < 1.29 is 14.4 Å². The molecule has 1 aliphatic heterocycles. The van der Waals surface area contributed by atoms with Crippen molar-refractivity contribution in [3.05, 3.63) is 28.8 Å². The first-order chi connectivity index (χ1) is 9.45. The number of nitrogens with one attached hydrogen (secondary N) is 1. The highest BCUT2D eigenvalue weighted by molar-refractivity contribution is 6.31. The fraction of sp³-hybridized carbons (Fsp3) is 0.357. The number of barbiturate groups is 1. The zero-order valence-electron chi connectivity index (χ0n) is 11.3. The Balaban J connectivity index is 2.41. The van der Waals surface area contributed by atoms with E-state index in [1.54, 1.807) is 25.1 Å². The second-order valence-corrected chi connectivity index (χ2v) is 5.18. The average Bonchev–Trinajstić information content (AvgIpc) is 2.37. The van der Waals surface area contributed by atoms with Crippen LogP contribution in [0.2, 0.25) is 5.02 Å². The van der Waals surface area contributed by atoms with E-state index in [4.69, 9.17) is 11.6 Å². The Bertz CT molecular complexity index is 586. The summed E-state index contributed by atoms with van der Waals surface area (Å²) in [4.78, 5) is 37.1. The predicted octanol–water partition coefficient (Wildman–Crippen LogP) is 2.65. The van der Waals surface area contributed by atoms with Gasteiger partial charge in [-0.25, -0.2) is 9.69 Å². The molecule has 1 fully saturated rings. The van der Waals surface area contributed by atoms with Crippen LogP contribution in [0.25, 0.3) is 0 Å². The second-order valence-electron chi connectivity index (χ2n) is 4.74. The molecule has 4 amide bonds. The summed E-state index contributed by atoms with van der Waals surface area (Å²) in [5, 5.41) is 2.75. The van der Waals surface area contributed by atoms with Crippen LogP contribution in [0.3, 0.4) is 0 Å². The van der Waals surface area contributed by atoms with Crippen LogP contribution in [-0.2, 0) is 9.59 Å². The van der Waals surface area contributed by atoms with Gasteiger partial charge in [0.25, 0.3) is 0 Å². The molecule has 0 aliphatic carbocycles. The van der Waals surface area contributed by atoms with E-state index in [0.717, 1.165) is 4.90 Å². The Kier molecular flexibility index (Phi) is 4.09. The molecule has 0 spiro atoms. The minimum atomic E-state index is -0.812. The average molecular weight is 295 g/mol. The molecule has 1 heterocycles. The SMILES string of the molecule is CCCC1C(=O)NC(=O)N(c2ccc(Cl)cc2C)C1=O. The van der Waals surface area contributed by atoms with Crippen LogP contribution in [0.5, 0.6) is 0 Å². The third kappa shape index (κ3) is 2.54. The Hall–Kier alpha value is -1.88. The minimum absolute atomic E-state index is 0.418. The zero-order chi connectivity index (χ0) is 14.9. The first-order valence-electron chi connectivity index (χ1n) is 6.40. The van der Waals surface area contributed by atoms with Gasteiger partial charge in [0.1, 0.15) is 5.92 Å². The molecule has 1 aromatic rings. The van der Waals surface area contributed by atoms with E-state index in [1.165, 1.54) is 0 Å². The molecule has 1 saturated heterocycles. The Morgan fingerprint density at radius 3 is 2.60 bits per heavy atom. The fourth-order valence-corrected chi connectivity index (χ4v) is 2.48. The highest BCUT2D eigenvalue weighted by Gasteiger charge is 2.40. The number of halogens is 1. The summed E-state index contributed by atoms with van der Waals surface area (Å²) in [5.41, 5.74) is 1.15. The Morgan fingerprint density at radius 2 is 2.00 bits per heavy atom. The largest absolute Gasteiger partial charge is 0.335 e. The van der Waals surface area contributed by atoms with E-state index in [0.29, 0.717) is 29.1 Å². The molecule has 2 rings (SSSR count). The van der Waals surface area contributed by atoms with Crippen LogP contribution in [0.15, 0.2) is 18.2 Å². The third-order valence-electron chi connectivity index (χ3n) is 3.25. The normalized spacial score (nSPS) is 19.2. The lowest BCUT2D eigenvalue weighted by atomic mass is 9.98. The maximum atomic E-state index is 12.4. The lowest BCUT2D eigenvalue weighted by molar-refractivity contribution is -0.134. The molecule has 5 nitrogen and oxygen atoms in total. The number of benzene rings is 1. The molecule has 1 N–H and O–H groups in total. The summed E-state index contributed by atoms with van der Waals surface area (Å²) in [5.74, 6) is -1.82. The van der Waals surface area contributed by atoms with E-state index in [1.807, 2.05) is 6.92 Å². The number of carbonyl (C=O) groups is 3. The number of carbonyl (C=O) groups excluding carboxylic acids is 3. The molecule has 20 heavy (non-hydrogen) atoms. The van der Waals surface area contributed by atoms with Crippen LogP contribution in [0.4, 0.5) is 10.5 Å². The quantitative estimate of drug-likeness (QED) is 0.872. The molecule has 1 atom stereocenters. The smallest absolute Gasteiger partial charge is 0.277 e. The number of amides is 4. The van der Waals surface area contributed by atoms with Crippen molar-refractivity contribution in [1.82, 2.24) is 5.32 Å². The van der Waals surface area contributed by atoms with Crippen molar-refractivity contribution in [1.29, 1.82) is 0 Å². The van der Waals surface area contributed by atoms with Gasteiger partial charge in [-0.05, 0) is 37.1 Å². The van der Waals surface area contributed by atoms with Gasteiger partial charge in [0.15, 0.2) is 0 Å². The summed E-state index contributed by atoms with van der Waals surface area (Å²) in [6, 6.07) is 4.17. The van der Waals surface area contributed by atoms with Gasteiger partial charge in [-0.2, -0.15) is 0 Å². The number of anilines is 1. The van der Waals surface area contributed by atoms with Crippen LogP contribution in [0.1, 0.15) is 25.3 Å². The topological polar surface area (TPSA) is 66.5 Å². The van der Waals surface area contributed by atoms with Gasteiger partial charge in [0, 0.05) is 5.02 Å². The van der Waals surface area contributed by atoms with Gasteiger partial charge in [-0.1, -0.05) is 24.9 Å². The molecule has 106 valence electrons. The summed E-state index contributed by atoms with van der Waals surface area (Å²) in [6.07, 6.45) is 1.10. The highest BCUT2D eigenvalue weighted by atomic mass is 35.5. The van der Waals surface area contributed by atoms with E-state index in [9.17, 15) is 14.4 Å². The number of urea groups is 1. The van der Waals surface area contributed by atoms with E-state index < -0.39 is 23.8 Å². The first kappa shape index (κ1) is 14.5. The second kappa shape index (κ2) is 5.63. The van der Waals surface area contributed by atoms with E-state index >= 15 is 0 Å². The van der Waals surface area contributed by atoms with Gasteiger partial charge in [0.2, 0.25) is 11.8 Å². The van der Waals surface area contributed by atoms with Crippen LogP contribution in [-0.4, -0.2) is 17.8 Å². The number of aryl methyl sites for hydroxylation is 1. The summed E-state index contributed by atoms with van der Waals surface area (Å²) in [7, 11) is 0. The molecule has 0 saturated carbocycles. The van der Waals surface area contributed by atoms with Gasteiger partial charge in [0.05, 0.1) is 5.69 Å². The van der Waals surface area contributed by atoms with Crippen LogP contribution in [0, 0.1) is 12.8 Å². The van der Waals surface area contributed by atoms with Crippen molar-refractivity contribution in [3.8, 4) is 0 Å². The lowest BCUT2D eigenvalue weighted by Crippen LogP contribution is -2.58. The lowest BCUT2D eigenvalue weighted by Gasteiger charge is -2.30. The molecule has 0 bridgehead atoms. The van der Waals surface area contributed by atoms with Crippen molar-refractivity contribution >= 4 is 35.1 Å². The molecule has 1 aromatic carbocycles. The molecule has 1 unspecified atom stereocenters. The van der Waals surface area contributed by atoms with Crippen molar-refractivity contribution in [2.75, 3.05) is 4.90 Å².